The van der Waals surface area contributed by atoms with E-state index in [1.807, 2.05) is 53.7 Å². The second-order valence-electron chi connectivity index (χ2n) is 12.7. The Hall–Kier alpha value is -3.37. The second-order valence-corrected chi connectivity index (χ2v) is 12.7. The summed E-state index contributed by atoms with van der Waals surface area (Å²) in [7, 11) is 0. The number of anilines is 3. The molecule has 0 atom stereocenters. The minimum absolute atomic E-state index is 0.0104. The summed E-state index contributed by atoms with van der Waals surface area (Å²) in [4.78, 5) is 17.4. The van der Waals surface area contributed by atoms with Gasteiger partial charge in [0.2, 0.25) is 5.95 Å². The van der Waals surface area contributed by atoms with Crippen LogP contribution in [-0.4, -0.2) is 61.8 Å². The number of fused-ring (bicyclic) bond motifs is 1. The van der Waals surface area contributed by atoms with E-state index in [1.54, 1.807) is 12.3 Å². The van der Waals surface area contributed by atoms with Gasteiger partial charge in [0.15, 0.2) is 17.4 Å². The Balaban J connectivity index is 1.31. The third-order valence-corrected chi connectivity index (χ3v) is 7.96. The summed E-state index contributed by atoms with van der Waals surface area (Å²) in [5.74, 6) is -0.0598. The maximum absolute atomic E-state index is 15.3. The van der Waals surface area contributed by atoms with Crippen LogP contribution in [0.1, 0.15) is 59.9 Å². The molecule has 0 spiro atoms. The van der Waals surface area contributed by atoms with Gasteiger partial charge in [0, 0.05) is 24.3 Å². The summed E-state index contributed by atoms with van der Waals surface area (Å²) in [5, 5.41) is 13.3. The first kappa shape index (κ1) is 29.1. The van der Waals surface area contributed by atoms with E-state index in [2.05, 4.69) is 30.1 Å². The highest BCUT2D eigenvalue weighted by Gasteiger charge is 2.35. The summed E-state index contributed by atoms with van der Waals surface area (Å²) in [6, 6.07) is 6.89. The first-order valence-corrected chi connectivity index (χ1v) is 14.3. The van der Waals surface area contributed by atoms with Crippen LogP contribution in [0.3, 0.4) is 0 Å². The molecule has 0 unspecified atom stereocenters. The number of hydrogen-bond donors (Lipinski definition) is 2. The normalized spacial score (nSPS) is 17.9. The largest absolute Gasteiger partial charge is 0.481 e. The van der Waals surface area contributed by atoms with Crippen molar-refractivity contribution in [3.05, 3.63) is 53.9 Å². The number of hydrogen-bond acceptors (Lipinski definition) is 8. The van der Waals surface area contributed by atoms with Crippen molar-refractivity contribution in [1.82, 2.24) is 19.9 Å². The summed E-state index contributed by atoms with van der Waals surface area (Å²) in [6.07, 6.45) is 4.81. The Morgan fingerprint density at radius 2 is 1.83 bits per heavy atom. The highest BCUT2D eigenvalue weighted by molar-refractivity contribution is 5.73. The van der Waals surface area contributed by atoms with E-state index < -0.39 is 22.8 Å². The van der Waals surface area contributed by atoms with Gasteiger partial charge in [0.05, 0.1) is 24.0 Å². The van der Waals surface area contributed by atoms with Gasteiger partial charge in [-0.25, -0.2) is 23.7 Å². The van der Waals surface area contributed by atoms with E-state index in [-0.39, 0.29) is 23.4 Å². The van der Waals surface area contributed by atoms with Gasteiger partial charge in [-0.2, -0.15) is 0 Å². The quantitative estimate of drug-likeness (QED) is 0.364. The number of rotatable bonds is 7. The minimum Gasteiger partial charge on any atom is -0.481 e. The van der Waals surface area contributed by atoms with Crippen LogP contribution in [0.15, 0.2) is 36.7 Å². The van der Waals surface area contributed by atoms with Crippen molar-refractivity contribution in [2.24, 2.45) is 5.92 Å². The average Bonchev–Trinajstić information content (AvgIpc) is 2.90. The molecule has 1 aromatic carbocycles. The molecule has 2 N–H and O–H groups in total. The molecule has 2 aliphatic heterocycles. The summed E-state index contributed by atoms with van der Waals surface area (Å²) in [6.45, 7) is 14.9. The second kappa shape index (κ2) is 11.1. The molecule has 8 nitrogen and oxygen atoms in total. The van der Waals surface area contributed by atoms with E-state index in [0.717, 1.165) is 44.2 Å². The summed E-state index contributed by atoms with van der Waals surface area (Å²) in [5.41, 5.74) is 0.731. The van der Waals surface area contributed by atoms with Crippen LogP contribution >= 0.6 is 0 Å². The maximum Gasteiger partial charge on any atom is 0.229 e. The minimum atomic E-state index is -0.653. The Morgan fingerprint density at radius 1 is 1.10 bits per heavy atom. The molecule has 0 bridgehead atoms. The number of ether oxygens (including phenoxy) is 1. The number of halogens is 2. The van der Waals surface area contributed by atoms with Crippen molar-refractivity contribution in [3.8, 4) is 17.0 Å². The number of likely N-dealkylation sites (tertiary alicyclic amines) is 1. The molecule has 0 amide bonds. The van der Waals surface area contributed by atoms with Gasteiger partial charge in [-0.15, -0.1) is 0 Å². The van der Waals surface area contributed by atoms with Crippen LogP contribution in [0.4, 0.5) is 26.2 Å². The molecule has 10 heteroatoms. The third-order valence-electron chi connectivity index (χ3n) is 7.96. The van der Waals surface area contributed by atoms with Gasteiger partial charge in [0.1, 0.15) is 17.1 Å². The molecule has 2 aliphatic rings. The van der Waals surface area contributed by atoms with Gasteiger partial charge in [-0.1, -0.05) is 6.07 Å². The topological polar surface area (TPSA) is 86.6 Å². The number of aliphatic hydroxyl groups is 1. The van der Waals surface area contributed by atoms with Crippen LogP contribution in [0, 0.1) is 17.6 Å². The molecule has 0 saturated carbocycles. The fraction of sp³-hybridized carbons (Fsp3) is 0.516. The average molecular weight is 567 g/mol. The first-order valence-electron chi connectivity index (χ1n) is 14.3. The molecule has 5 rings (SSSR count). The first-order chi connectivity index (χ1) is 19.3. The van der Waals surface area contributed by atoms with Crippen molar-refractivity contribution < 1.29 is 18.6 Å². The number of piperidine rings is 1. The van der Waals surface area contributed by atoms with Crippen LogP contribution in [0.5, 0.6) is 5.75 Å². The summed E-state index contributed by atoms with van der Waals surface area (Å²) < 4.78 is 36.2. The molecule has 0 aliphatic carbocycles. The molecule has 2 aromatic heterocycles. The molecule has 41 heavy (non-hydrogen) atoms. The number of nitrogens with zero attached hydrogens (tertiary/aromatic N) is 5. The zero-order valence-electron chi connectivity index (χ0n) is 24.7. The van der Waals surface area contributed by atoms with Crippen molar-refractivity contribution >= 4 is 17.5 Å². The predicted octanol–water partition coefficient (Wildman–Crippen LogP) is 5.93. The number of pyridine rings is 1. The molecule has 220 valence electrons. The van der Waals surface area contributed by atoms with E-state index >= 15 is 4.39 Å². The van der Waals surface area contributed by atoms with Crippen molar-refractivity contribution in [2.45, 2.75) is 78.2 Å². The van der Waals surface area contributed by atoms with Crippen LogP contribution < -0.4 is 15.0 Å². The third kappa shape index (κ3) is 6.59. The molecule has 1 fully saturated rings. The monoisotopic (exact) mass is 566 g/mol. The number of aromatic nitrogens is 3. The highest BCUT2D eigenvalue weighted by atomic mass is 19.1. The Labute approximate surface area is 240 Å². The zero-order chi connectivity index (χ0) is 29.5. The van der Waals surface area contributed by atoms with E-state index in [4.69, 9.17) is 4.74 Å². The smallest absolute Gasteiger partial charge is 0.229 e. The molecule has 0 radical (unpaired) electrons. The zero-order valence-corrected chi connectivity index (χ0v) is 24.7. The fourth-order valence-corrected chi connectivity index (χ4v) is 5.69. The molecule has 4 heterocycles. The van der Waals surface area contributed by atoms with E-state index in [1.165, 1.54) is 6.07 Å². The van der Waals surface area contributed by atoms with E-state index in [9.17, 15) is 9.50 Å². The number of benzene rings is 1. The van der Waals surface area contributed by atoms with Gasteiger partial charge < -0.3 is 20.1 Å². The SMILES string of the molecule is CC(C)N1CC(C)(C)Oc2c(F)cc(-c3nc(Nc4ccc(CN5CCC(C(C)(C)O)CC5)cn4)ncc3F)cc21. The lowest BCUT2D eigenvalue weighted by Gasteiger charge is -2.43. The van der Waals surface area contributed by atoms with Crippen LogP contribution in [0.2, 0.25) is 0 Å². The predicted molar refractivity (Wildman–Crippen MR) is 156 cm³/mol. The molecule has 1 saturated heterocycles. The van der Waals surface area contributed by atoms with Crippen molar-refractivity contribution in [3.63, 3.8) is 0 Å². The van der Waals surface area contributed by atoms with Gasteiger partial charge in [-0.3, -0.25) is 4.90 Å². The summed E-state index contributed by atoms with van der Waals surface area (Å²) >= 11 is 0. The molecular formula is C31H40F2N6O2. The van der Waals surface area contributed by atoms with Crippen molar-refractivity contribution in [2.75, 3.05) is 29.9 Å². The lowest BCUT2D eigenvalue weighted by molar-refractivity contribution is -0.0136. The Bertz CT molecular complexity index is 1380. The highest BCUT2D eigenvalue weighted by Crippen LogP contribution is 2.43. The van der Waals surface area contributed by atoms with Gasteiger partial charge >= 0.3 is 0 Å². The van der Waals surface area contributed by atoms with Crippen LogP contribution in [-0.2, 0) is 6.54 Å². The standard InChI is InChI=1S/C31H40F2N6O2/c1-19(2)39-18-30(3,4)41-28-23(32)13-21(14-25(28)39)27-24(33)16-35-29(37-27)36-26-8-7-20(15-34-26)17-38-11-9-22(10-12-38)31(5,6)40/h7-8,13-16,19,22,40H,9-12,17-18H2,1-6H3,(H,34,35,36,37). The van der Waals surface area contributed by atoms with Gasteiger partial charge in [-0.05, 0) is 97.2 Å². The Kier molecular flexibility index (Phi) is 7.91. The van der Waals surface area contributed by atoms with E-state index in [0.29, 0.717) is 29.5 Å². The Morgan fingerprint density at radius 3 is 2.46 bits per heavy atom. The maximum atomic E-state index is 15.3. The fourth-order valence-electron chi connectivity index (χ4n) is 5.69. The molecule has 3 aromatic rings. The van der Waals surface area contributed by atoms with Crippen molar-refractivity contribution in [1.29, 1.82) is 0 Å². The lowest BCUT2D eigenvalue weighted by Crippen LogP contribution is -2.49. The van der Waals surface area contributed by atoms with Gasteiger partial charge in [0.25, 0.3) is 0 Å². The molecular weight excluding hydrogens is 526 g/mol. The number of nitrogens with one attached hydrogen (secondary N) is 1. The lowest BCUT2D eigenvalue weighted by atomic mass is 9.83. The van der Waals surface area contributed by atoms with Crippen LogP contribution in [0.25, 0.3) is 11.3 Å².